The van der Waals surface area contributed by atoms with E-state index in [1.807, 2.05) is 6.26 Å². The maximum atomic E-state index is 11.3. The van der Waals surface area contributed by atoms with Crippen molar-refractivity contribution in [3.8, 4) is 0 Å². The van der Waals surface area contributed by atoms with Crippen molar-refractivity contribution in [3.63, 3.8) is 0 Å². The Labute approximate surface area is 99.0 Å². The molecule has 1 heterocycles. The highest BCUT2D eigenvalue weighted by Gasteiger charge is 2.00. The molecule has 0 aliphatic heterocycles. The van der Waals surface area contributed by atoms with E-state index in [0.29, 0.717) is 13.2 Å². The van der Waals surface area contributed by atoms with Crippen molar-refractivity contribution in [3.05, 3.63) is 27.9 Å². The Morgan fingerprint density at radius 2 is 2.44 bits per heavy atom. The third-order valence-electron chi connectivity index (χ3n) is 1.91. The molecule has 6 heteroatoms. The van der Waals surface area contributed by atoms with Crippen LogP contribution >= 0.6 is 11.8 Å². The second-order valence-corrected chi connectivity index (χ2v) is 4.15. The van der Waals surface area contributed by atoms with Gasteiger partial charge in [0.25, 0.3) is 5.56 Å². The molecule has 0 aliphatic rings. The van der Waals surface area contributed by atoms with Crippen LogP contribution in [0.1, 0.15) is 11.5 Å². The highest BCUT2D eigenvalue weighted by Crippen LogP contribution is 2.02. The zero-order chi connectivity index (χ0) is 11.8. The van der Waals surface area contributed by atoms with Crippen LogP contribution in [-0.2, 0) is 17.0 Å². The number of hydrogen-bond acceptors (Lipinski definition) is 5. The number of aromatic nitrogens is 2. The quantitative estimate of drug-likeness (QED) is 0.677. The first kappa shape index (κ1) is 13.2. The molecule has 0 radical (unpaired) electrons. The summed E-state index contributed by atoms with van der Waals surface area (Å²) in [6, 6.07) is 1.52. The Morgan fingerprint density at radius 1 is 1.62 bits per heavy atom. The van der Waals surface area contributed by atoms with E-state index < -0.39 is 0 Å². The first-order chi connectivity index (χ1) is 7.76. The Morgan fingerprint density at radius 3 is 3.12 bits per heavy atom. The zero-order valence-corrected chi connectivity index (χ0v) is 10.4. The normalized spacial score (nSPS) is 10.6. The van der Waals surface area contributed by atoms with Crippen molar-refractivity contribution in [2.24, 2.45) is 0 Å². The Balaban J connectivity index is 2.54. The molecule has 0 spiro atoms. The molecule has 0 amide bonds. The van der Waals surface area contributed by atoms with E-state index in [9.17, 15) is 4.79 Å². The van der Waals surface area contributed by atoms with Gasteiger partial charge in [-0.25, -0.2) is 4.98 Å². The predicted molar refractivity (Wildman–Crippen MR) is 65.7 cm³/mol. The Kier molecular flexibility index (Phi) is 6.14. The summed E-state index contributed by atoms with van der Waals surface area (Å²) in [7, 11) is 1.66. The highest BCUT2D eigenvalue weighted by molar-refractivity contribution is 7.97. The van der Waals surface area contributed by atoms with Crippen molar-refractivity contribution >= 4 is 11.8 Å². The number of methoxy groups -OCH3 is 1. The lowest BCUT2D eigenvalue weighted by molar-refractivity contribution is 0.199. The minimum atomic E-state index is -0.0948. The van der Waals surface area contributed by atoms with Crippen LogP contribution in [0.5, 0.6) is 0 Å². The van der Waals surface area contributed by atoms with E-state index in [2.05, 4.69) is 15.3 Å². The number of nitrogens with zero attached hydrogens (tertiary/aromatic N) is 1. The summed E-state index contributed by atoms with van der Waals surface area (Å²) in [5, 5.41) is 3.15. The van der Waals surface area contributed by atoms with Gasteiger partial charge in [-0.2, -0.15) is 11.8 Å². The SMILES string of the molecule is COCCNCc1cc(=O)[nH]c(CSC)n1. The number of H-pyrrole nitrogens is 1. The lowest BCUT2D eigenvalue weighted by Crippen LogP contribution is -2.21. The van der Waals surface area contributed by atoms with Crippen LogP contribution in [0.25, 0.3) is 0 Å². The molecule has 0 aliphatic carbocycles. The summed E-state index contributed by atoms with van der Waals surface area (Å²) in [4.78, 5) is 18.4. The second kappa shape index (κ2) is 7.43. The summed E-state index contributed by atoms with van der Waals surface area (Å²) in [5.74, 6) is 1.45. The number of nitrogens with one attached hydrogen (secondary N) is 2. The molecule has 0 fully saturated rings. The van der Waals surface area contributed by atoms with Gasteiger partial charge in [0, 0.05) is 26.3 Å². The van der Waals surface area contributed by atoms with Crippen LogP contribution in [0.4, 0.5) is 0 Å². The first-order valence-corrected chi connectivity index (χ1v) is 6.43. The lowest BCUT2D eigenvalue weighted by atomic mass is 10.4. The van der Waals surface area contributed by atoms with Crippen molar-refractivity contribution in [1.29, 1.82) is 0 Å². The topological polar surface area (TPSA) is 67.0 Å². The van der Waals surface area contributed by atoms with Crippen molar-refractivity contribution < 1.29 is 4.74 Å². The minimum Gasteiger partial charge on any atom is -0.383 e. The van der Waals surface area contributed by atoms with E-state index in [0.717, 1.165) is 23.8 Å². The molecular weight excluding hydrogens is 226 g/mol. The lowest BCUT2D eigenvalue weighted by Gasteiger charge is -2.05. The summed E-state index contributed by atoms with van der Waals surface area (Å²) in [6.45, 7) is 2.00. The van der Waals surface area contributed by atoms with Gasteiger partial charge in [-0.15, -0.1) is 0 Å². The monoisotopic (exact) mass is 243 g/mol. The van der Waals surface area contributed by atoms with E-state index in [1.54, 1.807) is 18.9 Å². The maximum Gasteiger partial charge on any atom is 0.251 e. The van der Waals surface area contributed by atoms with Gasteiger partial charge in [0.2, 0.25) is 0 Å². The second-order valence-electron chi connectivity index (χ2n) is 3.29. The fourth-order valence-electron chi connectivity index (χ4n) is 1.25. The van der Waals surface area contributed by atoms with Gasteiger partial charge in [-0.1, -0.05) is 0 Å². The van der Waals surface area contributed by atoms with Gasteiger partial charge < -0.3 is 15.0 Å². The molecule has 0 atom stereocenters. The molecule has 5 nitrogen and oxygen atoms in total. The van der Waals surface area contributed by atoms with E-state index >= 15 is 0 Å². The summed E-state index contributed by atoms with van der Waals surface area (Å²) >= 11 is 1.63. The van der Waals surface area contributed by atoms with Crippen molar-refractivity contribution in [2.75, 3.05) is 26.5 Å². The van der Waals surface area contributed by atoms with Crippen molar-refractivity contribution in [1.82, 2.24) is 15.3 Å². The number of rotatable bonds is 7. The molecule has 0 unspecified atom stereocenters. The highest BCUT2D eigenvalue weighted by atomic mass is 32.2. The first-order valence-electron chi connectivity index (χ1n) is 5.04. The third kappa shape index (κ3) is 4.78. The fraction of sp³-hybridized carbons (Fsp3) is 0.600. The van der Waals surface area contributed by atoms with E-state index in [-0.39, 0.29) is 5.56 Å². The predicted octanol–water partition coefficient (Wildman–Crippen LogP) is 0.369. The average Bonchev–Trinajstić information content (AvgIpc) is 2.24. The molecule has 90 valence electrons. The van der Waals surface area contributed by atoms with Gasteiger partial charge in [-0.3, -0.25) is 4.79 Å². The minimum absolute atomic E-state index is 0.0948. The third-order valence-corrected chi connectivity index (χ3v) is 2.48. The number of thioether (sulfide) groups is 1. The molecular formula is C10H17N3O2S. The maximum absolute atomic E-state index is 11.3. The standard InChI is InChI=1S/C10H17N3O2S/c1-15-4-3-11-6-8-5-10(14)13-9(12-8)7-16-2/h5,11H,3-4,6-7H2,1-2H3,(H,12,13,14). The van der Waals surface area contributed by atoms with E-state index in [4.69, 9.17) is 4.74 Å². The van der Waals surface area contributed by atoms with Gasteiger partial charge in [-0.05, 0) is 6.26 Å². The van der Waals surface area contributed by atoms with E-state index in [1.165, 1.54) is 6.07 Å². The van der Waals surface area contributed by atoms with Crippen LogP contribution < -0.4 is 10.9 Å². The van der Waals surface area contributed by atoms with Gasteiger partial charge in [0.05, 0.1) is 18.1 Å². The largest absolute Gasteiger partial charge is 0.383 e. The van der Waals surface area contributed by atoms with Crippen LogP contribution in [0.15, 0.2) is 10.9 Å². The number of ether oxygens (including phenoxy) is 1. The summed E-state index contributed by atoms with van der Waals surface area (Å²) < 4.78 is 4.91. The molecule has 0 bridgehead atoms. The average molecular weight is 243 g/mol. The van der Waals surface area contributed by atoms with Gasteiger partial charge >= 0.3 is 0 Å². The molecule has 1 rings (SSSR count). The van der Waals surface area contributed by atoms with Crippen molar-refractivity contribution in [2.45, 2.75) is 12.3 Å². The van der Waals surface area contributed by atoms with Crippen LogP contribution in [-0.4, -0.2) is 36.5 Å². The zero-order valence-electron chi connectivity index (χ0n) is 9.58. The van der Waals surface area contributed by atoms with Crippen LogP contribution in [0.2, 0.25) is 0 Å². The molecule has 16 heavy (non-hydrogen) atoms. The Bertz CT molecular complexity index is 367. The van der Waals surface area contributed by atoms with Crippen LogP contribution in [0, 0.1) is 0 Å². The summed E-state index contributed by atoms with van der Waals surface area (Å²) in [5.41, 5.74) is 0.673. The van der Waals surface area contributed by atoms with Gasteiger partial charge in [0.1, 0.15) is 5.82 Å². The molecule has 1 aromatic heterocycles. The smallest absolute Gasteiger partial charge is 0.251 e. The van der Waals surface area contributed by atoms with Gasteiger partial charge in [0.15, 0.2) is 0 Å². The number of aromatic amines is 1. The molecule has 0 saturated carbocycles. The molecule has 0 saturated heterocycles. The molecule has 2 N–H and O–H groups in total. The number of hydrogen-bond donors (Lipinski definition) is 2. The fourth-order valence-corrected chi connectivity index (χ4v) is 1.66. The molecule has 0 aromatic carbocycles. The van der Waals surface area contributed by atoms with Crippen LogP contribution in [0.3, 0.4) is 0 Å². The Hall–Kier alpha value is -0.850. The molecule has 1 aromatic rings. The summed E-state index contributed by atoms with van der Waals surface area (Å²) in [6.07, 6.45) is 1.98.